The van der Waals surface area contributed by atoms with Crippen LogP contribution >= 0.6 is 0 Å². The minimum Gasteiger partial charge on any atom is -0.481 e. The van der Waals surface area contributed by atoms with Crippen molar-refractivity contribution >= 4 is 24.4 Å². The van der Waals surface area contributed by atoms with Gasteiger partial charge in [-0.15, -0.1) is 0 Å². The number of ether oxygens (including phenoxy) is 4. The molecular formula is C22H24N2O6. The number of para-hydroxylation sites is 2. The number of benzene rings is 2. The zero-order valence-corrected chi connectivity index (χ0v) is 16.9. The van der Waals surface area contributed by atoms with Gasteiger partial charge in [-0.3, -0.25) is 0 Å². The maximum absolute atomic E-state index is 11.5. The van der Waals surface area contributed by atoms with E-state index in [1.807, 2.05) is 12.1 Å². The summed E-state index contributed by atoms with van der Waals surface area (Å²) >= 11 is 0. The molecule has 0 bridgehead atoms. The summed E-state index contributed by atoms with van der Waals surface area (Å²) in [6.07, 6.45) is 3.03. The molecule has 2 rings (SSSR count). The molecule has 0 aliphatic rings. The van der Waals surface area contributed by atoms with E-state index in [0.717, 1.165) is 0 Å². The summed E-state index contributed by atoms with van der Waals surface area (Å²) in [6, 6.07) is 14.2. The van der Waals surface area contributed by atoms with Crippen molar-refractivity contribution in [1.29, 1.82) is 0 Å². The van der Waals surface area contributed by atoms with Gasteiger partial charge >= 0.3 is 11.9 Å². The Kier molecular flexibility index (Phi) is 9.58. The minimum absolute atomic E-state index is 0.187. The minimum atomic E-state index is -0.443. The molecule has 8 nitrogen and oxygen atoms in total. The second-order valence-electron chi connectivity index (χ2n) is 5.75. The molecule has 0 heterocycles. The van der Waals surface area contributed by atoms with Crippen molar-refractivity contribution < 1.29 is 28.5 Å². The van der Waals surface area contributed by atoms with E-state index < -0.39 is 11.9 Å². The smallest absolute Gasteiger partial charge is 0.344 e. The molecule has 158 valence electrons. The van der Waals surface area contributed by atoms with Gasteiger partial charge in [0.25, 0.3) is 0 Å². The Labute approximate surface area is 175 Å². The highest BCUT2D eigenvalue weighted by atomic mass is 16.6. The Morgan fingerprint density at radius 3 is 1.53 bits per heavy atom. The first-order valence-electron chi connectivity index (χ1n) is 9.45. The molecule has 0 atom stereocenters. The zero-order chi connectivity index (χ0) is 21.6. The van der Waals surface area contributed by atoms with E-state index in [4.69, 9.17) is 18.9 Å². The summed E-state index contributed by atoms with van der Waals surface area (Å²) in [6.45, 7) is 3.68. The van der Waals surface area contributed by atoms with Crippen LogP contribution in [-0.4, -0.2) is 50.8 Å². The largest absolute Gasteiger partial charge is 0.481 e. The van der Waals surface area contributed by atoms with Crippen molar-refractivity contribution in [3.8, 4) is 11.5 Å². The molecule has 0 unspecified atom stereocenters. The molecular weight excluding hydrogens is 388 g/mol. The SMILES string of the molecule is CCOC(=O)COc1ccccc1/C=N/N=C/c1ccccc1OCC(=O)OCC. The molecule has 0 aromatic heterocycles. The molecule has 8 heteroatoms. The Bertz CT molecular complexity index is 821. The second kappa shape index (κ2) is 12.7. The molecule has 0 saturated carbocycles. The van der Waals surface area contributed by atoms with Crippen LogP contribution in [0.1, 0.15) is 25.0 Å². The number of nitrogens with zero attached hydrogens (tertiary/aromatic N) is 2. The molecule has 0 N–H and O–H groups in total. The van der Waals surface area contributed by atoms with Gasteiger partial charge in [0.15, 0.2) is 13.2 Å². The maximum atomic E-state index is 11.5. The molecule has 2 aromatic carbocycles. The van der Waals surface area contributed by atoms with Gasteiger partial charge in [-0.2, -0.15) is 10.2 Å². The first kappa shape index (κ1) is 22.6. The fraction of sp³-hybridized carbons (Fsp3) is 0.273. The molecule has 0 aliphatic heterocycles. The lowest BCUT2D eigenvalue weighted by Gasteiger charge is -2.08. The van der Waals surface area contributed by atoms with Gasteiger partial charge in [0.2, 0.25) is 0 Å². The van der Waals surface area contributed by atoms with E-state index in [0.29, 0.717) is 35.8 Å². The summed E-state index contributed by atoms with van der Waals surface area (Å²) in [4.78, 5) is 22.9. The third-order valence-electron chi connectivity index (χ3n) is 3.60. The van der Waals surface area contributed by atoms with Crippen molar-refractivity contribution in [3.63, 3.8) is 0 Å². The van der Waals surface area contributed by atoms with Crippen LogP contribution in [-0.2, 0) is 19.1 Å². The van der Waals surface area contributed by atoms with Crippen LogP contribution in [0, 0.1) is 0 Å². The average molecular weight is 412 g/mol. The van der Waals surface area contributed by atoms with E-state index in [1.54, 1.807) is 50.2 Å². The van der Waals surface area contributed by atoms with Gasteiger partial charge in [0, 0.05) is 11.1 Å². The average Bonchev–Trinajstić information content (AvgIpc) is 2.75. The summed E-state index contributed by atoms with van der Waals surface area (Å²) < 4.78 is 20.7. The van der Waals surface area contributed by atoms with Gasteiger partial charge in [0.05, 0.1) is 25.6 Å². The summed E-state index contributed by atoms with van der Waals surface area (Å²) in [5.41, 5.74) is 1.32. The molecule has 0 spiro atoms. The molecule has 0 amide bonds. The van der Waals surface area contributed by atoms with Crippen LogP contribution in [0.15, 0.2) is 58.7 Å². The monoisotopic (exact) mass is 412 g/mol. The van der Waals surface area contributed by atoms with Crippen molar-refractivity contribution in [2.75, 3.05) is 26.4 Å². The number of carbonyl (C=O) groups is 2. The number of esters is 2. The van der Waals surface area contributed by atoms with Crippen LogP contribution in [0.3, 0.4) is 0 Å². The van der Waals surface area contributed by atoms with E-state index in [1.165, 1.54) is 12.4 Å². The number of hydrogen-bond acceptors (Lipinski definition) is 8. The van der Waals surface area contributed by atoms with Gasteiger partial charge in [-0.1, -0.05) is 24.3 Å². The predicted molar refractivity (Wildman–Crippen MR) is 112 cm³/mol. The zero-order valence-electron chi connectivity index (χ0n) is 16.9. The Hall–Kier alpha value is -3.68. The lowest BCUT2D eigenvalue weighted by atomic mass is 10.2. The topological polar surface area (TPSA) is 95.8 Å². The quantitative estimate of drug-likeness (QED) is 0.320. The summed E-state index contributed by atoms with van der Waals surface area (Å²) in [5.74, 6) is 0.0914. The van der Waals surface area contributed by atoms with Gasteiger partial charge in [-0.05, 0) is 38.1 Å². The highest BCUT2D eigenvalue weighted by Gasteiger charge is 2.07. The predicted octanol–water partition coefficient (Wildman–Crippen LogP) is 3.02. The highest BCUT2D eigenvalue weighted by Crippen LogP contribution is 2.17. The van der Waals surface area contributed by atoms with Gasteiger partial charge in [-0.25, -0.2) is 9.59 Å². The van der Waals surface area contributed by atoms with E-state index in [2.05, 4.69) is 10.2 Å². The summed E-state index contributed by atoms with van der Waals surface area (Å²) in [7, 11) is 0. The Morgan fingerprint density at radius 2 is 1.13 bits per heavy atom. The third-order valence-corrected chi connectivity index (χ3v) is 3.60. The van der Waals surface area contributed by atoms with Crippen LogP contribution in [0.2, 0.25) is 0 Å². The van der Waals surface area contributed by atoms with Crippen LogP contribution in [0.5, 0.6) is 11.5 Å². The lowest BCUT2D eigenvalue weighted by molar-refractivity contribution is -0.146. The number of rotatable bonds is 11. The first-order valence-corrected chi connectivity index (χ1v) is 9.45. The lowest BCUT2D eigenvalue weighted by Crippen LogP contribution is -2.15. The third kappa shape index (κ3) is 7.75. The van der Waals surface area contributed by atoms with Crippen molar-refractivity contribution in [1.82, 2.24) is 0 Å². The van der Waals surface area contributed by atoms with Gasteiger partial charge in [0.1, 0.15) is 11.5 Å². The van der Waals surface area contributed by atoms with E-state index in [9.17, 15) is 9.59 Å². The normalized spacial score (nSPS) is 10.9. The summed E-state index contributed by atoms with van der Waals surface area (Å²) in [5, 5.41) is 8.06. The standard InChI is InChI=1S/C22H24N2O6/c1-3-27-21(25)15-29-19-11-7-5-9-17(19)13-23-24-14-18-10-6-8-12-20(18)30-16-22(26)28-4-2/h5-14H,3-4,15-16H2,1-2H3/b23-13+,24-14+. The number of carbonyl (C=O) groups excluding carboxylic acids is 2. The maximum Gasteiger partial charge on any atom is 0.344 e. The number of hydrogen-bond donors (Lipinski definition) is 0. The van der Waals surface area contributed by atoms with Crippen LogP contribution < -0.4 is 9.47 Å². The second-order valence-corrected chi connectivity index (χ2v) is 5.75. The van der Waals surface area contributed by atoms with Crippen LogP contribution in [0.4, 0.5) is 0 Å². The fourth-order valence-electron chi connectivity index (χ4n) is 2.31. The van der Waals surface area contributed by atoms with Crippen molar-refractivity contribution in [2.45, 2.75) is 13.8 Å². The van der Waals surface area contributed by atoms with Crippen molar-refractivity contribution in [3.05, 3.63) is 59.7 Å². The van der Waals surface area contributed by atoms with Gasteiger partial charge < -0.3 is 18.9 Å². The Balaban J connectivity index is 2.01. The molecule has 0 aliphatic carbocycles. The molecule has 0 saturated heterocycles. The molecule has 2 aromatic rings. The van der Waals surface area contributed by atoms with Crippen LogP contribution in [0.25, 0.3) is 0 Å². The first-order chi connectivity index (χ1) is 14.6. The molecule has 30 heavy (non-hydrogen) atoms. The highest BCUT2D eigenvalue weighted by molar-refractivity contribution is 5.86. The van der Waals surface area contributed by atoms with E-state index >= 15 is 0 Å². The molecule has 0 fully saturated rings. The van der Waals surface area contributed by atoms with E-state index in [-0.39, 0.29) is 13.2 Å². The fourth-order valence-corrected chi connectivity index (χ4v) is 2.31. The molecule has 0 radical (unpaired) electrons. The Morgan fingerprint density at radius 1 is 0.733 bits per heavy atom. The van der Waals surface area contributed by atoms with Crippen molar-refractivity contribution in [2.24, 2.45) is 10.2 Å².